The maximum Gasteiger partial charge on any atom is 0.325 e. The Kier molecular flexibility index (Phi) is 4.95. The van der Waals surface area contributed by atoms with E-state index in [1.165, 1.54) is 0 Å². The Hall–Kier alpha value is -2.90. The minimum atomic E-state index is -0.825. The summed E-state index contributed by atoms with van der Waals surface area (Å²) in [7, 11) is 0. The average Bonchev–Trinajstić information content (AvgIpc) is 3.31. The zero-order chi connectivity index (χ0) is 21.6. The fraction of sp³-hybridized carbons (Fsp3) is 0.565. The largest absolute Gasteiger partial charge is 0.342 e. The number of hydrogen-bond acceptors (Lipinski definition) is 4. The fourth-order valence-corrected chi connectivity index (χ4v) is 5.47. The molecule has 0 radical (unpaired) electrons. The van der Waals surface area contributed by atoms with Gasteiger partial charge in [-0.05, 0) is 43.7 Å². The molecule has 2 aromatic rings. The molecule has 8 nitrogen and oxygen atoms in total. The number of nitrogens with zero attached hydrogens (tertiary/aromatic N) is 3. The van der Waals surface area contributed by atoms with E-state index in [0.29, 0.717) is 19.5 Å². The van der Waals surface area contributed by atoms with Crippen LogP contribution in [0.5, 0.6) is 0 Å². The number of aromatic amines is 1. The number of benzene rings is 1. The Morgan fingerprint density at radius 2 is 2.03 bits per heavy atom. The number of fused-ring (bicyclic) bond motifs is 1. The van der Waals surface area contributed by atoms with Gasteiger partial charge in [-0.2, -0.15) is 0 Å². The van der Waals surface area contributed by atoms with Crippen molar-refractivity contribution in [2.75, 3.05) is 19.6 Å². The van der Waals surface area contributed by atoms with Crippen LogP contribution in [0.2, 0.25) is 0 Å². The van der Waals surface area contributed by atoms with Crippen molar-refractivity contribution in [3.63, 3.8) is 0 Å². The van der Waals surface area contributed by atoms with Gasteiger partial charge >= 0.3 is 6.03 Å². The van der Waals surface area contributed by atoms with Gasteiger partial charge in [0.2, 0.25) is 5.91 Å². The molecule has 1 aliphatic carbocycles. The minimum Gasteiger partial charge on any atom is -0.342 e. The topological polar surface area (TPSA) is 98.4 Å². The van der Waals surface area contributed by atoms with E-state index in [9.17, 15) is 14.4 Å². The SMILES string of the molecule is CC1CCCCC12NC(=O)N(CC(=O)N1CCCC(c3nc4ccccc4[nH]3)C1)C2=O. The van der Waals surface area contributed by atoms with Crippen molar-refractivity contribution in [3.05, 3.63) is 30.1 Å². The normalized spacial score (nSPS) is 29.1. The quantitative estimate of drug-likeness (QED) is 0.742. The number of urea groups is 1. The van der Waals surface area contributed by atoms with E-state index in [2.05, 4.69) is 10.3 Å². The van der Waals surface area contributed by atoms with E-state index in [0.717, 1.165) is 53.9 Å². The second kappa shape index (κ2) is 7.66. The van der Waals surface area contributed by atoms with Crippen molar-refractivity contribution in [2.45, 2.75) is 56.9 Å². The molecular weight excluding hydrogens is 394 g/mol. The van der Waals surface area contributed by atoms with E-state index in [-0.39, 0.29) is 30.2 Å². The lowest BCUT2D eigenvalue weighted by atomic mass is 9.73. The lowest BCUT2D eigenvalue weighted by molar-refractivity contribution is -0.141. The highest BCUT2D eigenvalue weighted by Gasteiger charge is 2.55. The smallest absolute Gasteiger partial charge is 0.325 e. The highest BCUT2D eigenvalue weighted by atomic mass is 16.2. The van der Waals surface area contributed by atoms with Crippen molar-refractivity contribution < 1.29 is 14.4 Å². The summed E-state index contributed by atoms with van der Waals surface area (Å²) in [4.78, 5) is 49.8. The van der Waals surface area contributed by atoms with Crippen LogP contribution in [-0.2, 0) is 9.59 Å². The summed E-state index contributed by atoms with van der Waals surface area (Å²) < 4.78 is 0. The summed E-state index contributed by atoms with van der Waals surface area (Å²) >= 11 is 0. The molecule has 164 valence electrons. The lowest BCUT2D eigenvalue weighted by Crippen LogP contribution is -2.54. The zero-order valence-corrected chi connectivity index (χ0v) is 17.9. The van der Waals surface area contributed by atoms with Crippen LogP contribution < -0.4 is 5.32 Å². The number of imidazole rings is 1. The minimum absolute atomic E-state index is 0.0882. The van der Waals surface area contributed by atoms with Crippen LogP contribution >= 0.6 is 0 Å². The Labute approximate surface area is 181 Å². The van der Waals surface area contributed by atoms with Crippen molar-refractivity contribution >= 4 is 28.9 Å². The summed E-state index contributed by atoms with van der Waals surface area (Å²) in [6, 6.07) is 7.47. The van der Waals surface area contributed by atoms with Gasteiger partial charge in [-0.15, -0.1) is 0 Å². The number of nitrogens with one attached hydrogen (secondary N) is 2. The number of H-pyrrole nitrogens is 1. The number of carbonyl (C=O) groups excluding carboxylic acids is 3. The molecule has 2 saturated heterocycles. The molecule has 0 bridgehead atoms. The Bertz CT molecular complexity index is 1000. The van der Waals surface area contributed by atoms with Gasteiger partial charge in [0.15, 0.2) is 0 Å². The van der Waals surface area contributed by atoms with Gasteiger partial charge in [0, 0.05) is 19.0 Å². The van der Waals surface area contributed by atoms with Gasteiger partial charge in [-0.25, -0.2) is 9.78 Å². The van der Waals surface area contributed by atoms with E-state index in [1.54, 1.807) is 4.90 Å². The van der Waals surface area contributed by atoms with Gasteiger partial charge in [0.25, 0.3) is 5.91 Å². The van der Waals surface area contributed by atoms with Crippen LogP contribution in [0.1, 0.15) is 57.2 Å². The molecule has 8 heteroatoms. The number of amides is 4. The van der Waals surface area contributed by atoms with E-state index < -0.39 is 11.6 Å². The molecule has 3 aliphatic rings. The molecule has 3 atom stereocenters. The van der Waals surface area contributed by atoms with Crippen LogP contribution in [0, 0.1) is 5.92 Å². The second-order valence-corrected chi connectivity index (χ2v) is 9.26. The van der Waals surface area contributed by atoms with Crippen LogP contribution in [0.15, 0.2) is 24.3 Å². The molecule has 2 N–H and O–H groups in total. The molecule has 1 aromatic heterocycles. The number of para-hydroxylation sites is 2. The zero-order valence-electron chi connectivity index (χ0n) is 17.9. The third-order valence-electron chi connectivity index (χ3n) is 7.36. The summed E-state index contributed by atoms with van der Waals surface area (Å²) in [5, 5.41) is 2.93. The van der Waals surface area contributed by atoms with E-state index >= 15 is 0 Å². The summed E-state index contributed by atoms with van der Waals surface area (Å²) in [6.45, 7) is 3.02. The molecular formula is C23H29N5O3. The molecule has 31 heavy (non-hydrogen) atoms. The first kappa shape index (κ1) is 20.0. The fourth-order valence-electron chi connectivity index (χ4n) is 5.47. The Morgan fingerprint density at radius 1 is 1.19 bits per heavy atom. The van der Waals surface area contributed by atoms with Crippen LogP contribution in [0.3, 0.4) is 0 Å². The molecule has 1 aromatic carbocycles. The monoisotopic (exact) mass is 423 g/mol. The second-order valence-electron chi connectivity index (χ2n) is 9.26. The highest BCUT2D eigenvalue weighted by molar-refractivity contribution is 6.09. The molecule has 2 aliphatic heterocycles. The predicted molar refractivity (Wildman–Crippen MR) is 115 cm³/mol. The number of likely N-dealkylation sites (tertiary alicyclic amines) is 1. The number of imide groups is 1. The Balaban J connectivity index is 1.28. The van der Waals surface area contributed by atoms with Gasteiger partial charge in [-0.3, -0.25) is 14.5 Å². The molecule has 4 amide bonds. The maximum atomic E-state index is 13.2. The number of hydrogen-bond donors (Lipinski definition) is 2. The van der Waals surface area contributed by atoms with Gasteiger partial charge in [0.05, 0.1) is 11.0 Å². The Morgan fingerprint density at radius 3 is 2.84 bits per heavy atom. The van der Waals surface area contributed by atoms with Gasteiger partial charge in [0.1, 0.15) is 17.9 Å². The molecule has 1 spiro atoms. The van der Waals surface area contributed by atoms with Gasteiger partial charge < -0.3 is 15.2 Å². The number of aromatic nitrogens is 2. The standard InChI is InChI=1S/C23H29N5O3/c1-15-7-4-5-11-23(15)21(30)28(22(31)26-23)14-19(29)27-12-6-8-16(13-27)20-24-17-9-2-3-10-18(17)25-20/h2-3,9-10,15-16H,4-8,11-14H2,1H3,(H,24,25)(H,26,31). The van der Waals surface area contributed by atoms with Gasteiger partial charge in [-0.1, -0.05) is 31.9 Å². The third kappa shape index (κ3) is 3.38. The maximum absolute atomic E-state index is 13.2. The average molecular weight is 424 g/mol. The van der Waals surface area contributed by atoms with Crippen molar-refractivity contribution in [1.29, 1.82) is 0 Å². The third-order valence-corrected chi connectivity index (χ3v) is 7.36. The first-order valence-electron chi connectivity index (χ1n) is 11.3. The predicted octanol–water partition coefficient (Wildman–Crippen LogP) is 2.77. The van der Waals surface area contributed by atoms with Crippen molar-refractivity contribution in [3.8, 4) is 0 Å². The van der Waals surface area contributed by atoms with Crippen molar-refractivity contribution in [1.82, 2.24) is 25.1 Å². The molecule has 1 saturated carbocycles. The van der Waals surface area contributed by atoms with Crippen molar-refractivity contribution in [2.24, 2.45) is 5.92 Å². The number of rotatable bonds is 3. The molecule has 3 unspecified atom stereocenters. The van der Waals surface area contributed by atoms with E-state index in [1.807, 2.05) is 31.2 Å². The highest BCUT2D eigenvalue weighted by Crippen LogP contribution is 2.38. The first-order valence-corrected chi connectivity index (χ1v) is 11.3. The first-order chi connectivity index (χ1) is 15.0. The van der Waals surface area contributed by atoms with Crippen LogP contribution in [0.25, 0.3) is 11.0 Å². The summed E-state index contributed by atoms with van der Waals surface area (Å²) in [5.74, 6) is 0.695. The number of piperidine rings is 1. The lowest BCUT2D eigenvalue weighted by Gasteiger charge is -2.37. The van der Waals surface area contributed by atoms with E-state index in [4.69, 9.17) is 4.98 Å². The van der Waals surface area contributed by atoms with Crippen LogP contribution in [0.4, 0.5) is 4.79 Å². The molecule has 3 heterocycles. The molecule has 3 fully saturated rings. The summed E-state index contributed by atoms with van der Waals surface area (Å²) in [5.41, 5.74) is 1.09. The summed E-state index contributed by atoms with van der Waals surface area (Å²) in [6.07, 6.45) is 5.38. The molecule has 5 rings (SSSR count). The van der Waals surface area contributed by atoms with Crippen LogP contribution in [-0.4, -0.2) is 62.8 Å². The number of carbonyl (C=O) groups is 3.